The lowest BCUT2D eigenvalue weighted by Crippen LogP contribution is -2.10. The summed E-state index contributed by atoms with van der Waals surface area (Å²) in [6, 6.07) is 23.3. The first-order valence-corrected chi connectivity index (χ1v) is 8.43. The summed E-state index contributed by atoms with van der Waals surface area (Å²) < 4.78 is 0. The van der Waals surface area contributed by atoms with Gasteiger partial charge >= 0.3 is 0 Å². The highest BCUT2D eigenvalue weighted by Crippen LogP contribution is 2.22. The molecule has 0 aliphatic carbocycles. The molecular formula is C22H17ClO2. The van der Waals surface area contributed by atoms with Gasteiger partial charge in [-0.25, -0.2) is 0 Å². The highest BCUT2D eigenvalue weighted by atomic mass is 35.5. The molecular weight excluding hydrogens is 332 g/mol. The number of rotatable bonds is 5. The Bertz CT molecular complexity index is 882. The van der Waals surface area contributed by atoms with Gasteiger partial charge in [0.05, 0.1) is 0 Å². The minimum absolute atomic E-state index is 0.0242. The van der Waals surface area contributed by atoms with Crippen LogP contribution >= 0.6 is 11.6 Å². The van der Waals surface area contributed by atoms with Gasteiger partial charge in [-0.1, -0.05) is 73.1 Å². The summed E-state index contributed by atoms with van der Waals surface area (Å²) in [6.45, 7) is 1.87. The molecule has 3 rings (SSSR count). The maximum atomic E-state index is 12.6. The Kier molecular flexibility index (Phi) is 5.11. The third kappa shape index (κ3) is 3.86. The van der Waals surface area contributed by atoms with Crippen LogP contribution in [0.5, 0.6) is 0 Å². The molecule has 124 valence electrons. The molecule has 0 heterocycles. The van der Waals surface area contributed by atoms with E-state index >= 15 is 0 Å². The number of benzene rings is 3. The van der Waals surface area contributed by atoms with E-state index in [0.717, 1.165) is 5.56 Å². The number of halogens is 1. The summed E-state index contributed by atoms with van der Waals surface area (Å²) in [5, 5.41) is 0.605. The summed E-state index contributed by atoms with van der Waals surface area (Å²) in [7, 11) is 0. The van der Waals surface area contributed by atoms with Crippen LogP contribution in [0.1, 0.15) is 44.7 Å². The van der Waals surface area contributed by atoms with E-state index in [1.165, 1.54) is 0 Å². The van der Waals surface area contributed by atoms with Gasteiger partial charge in [-0.3, -0.25) is 9.59 Å². The Balaban J connectivity index is 1.78. The van der Waals surface area contributed by atoms with Gasteiger partial charge in [0.1, 0.15) is 0 Å². The normalized spacial score (nSPS) is 11.8. The highest BCUT2D eigenvalue weighted by Gasteiger charge is 2.18. The average Bonchev–Trinajstić information content (AvgIpc) is 2.67. The van der Waals surface area contributed by atoms with E-state index in [0.29, 0.717) is 21.7 Å². The number of hydrogen-bond acceptors (Lipinski definition) is 2. The molecule has 0 fully saturated rings. The van der Waals surface area contributed by atoms with Crippen molar-refractivity contribution in [3.8, 4) is 0 Å². The predicted molar refractivity (Wildman–Crippen MR) is 101 cm³/mol. The van der Waals surface area contributed by atoms with Gasteiger partial charge in [-0.15, -0.1) is 0 Å². The quantitative estimate of drug-likeness (QED) is 0.566. The molecule has 0 spiro atoms. The Labute approximate surface area is 152 Å². The van der Waals surface area contributed by atoms with Crippen LogP contribution in [0.2, 0.25) is 5.02 Å². The summed E-state index contributed by atoms with van der Waals surface area (Å²) in [5.41, 5.74) is 2.77. The van der Waals surface area contributed by atoms with Crippen LogP contribution in [0.3, 0.4) is 0 Å². The Morgan fingerprint density at radius 3 is 1.84 bits per heavy atom. The van der Waals surface area contributed by atoms with Crippen molar-refractivity contribution < 1.29 is 9.59 Å². The van der Waals surface area contributed by atoms with Gasteiger partial charge < -0.3 is 0 Å². The van der Waals surface area contributed by atoms with E-state index in [2.05, 4.69) is 0 Å². The van der Waals surface area contributed by atoms with Crippen molar-refractivity contribution in [2.75, 3.05) is 0 Å². The lowest BCUT2D eigenvalue weighted by Gasteiger charge is -2.12. The molecule has 3 aromatic rings. The monoisotopic (exact) mass is 348 g/mol. The summed E-state index contributed by atoms with van der Waals surface area (Å²) in [6.07, 6.45) is 0. The number of carbonyl (C=O) groups excluding carboxylic acids is 2. The second-order valence-electron chi connectivity index (χ2n) is 5.91. The number of carbonyl (C=O) groups is 2. The number of ketones is 2. The first-order valence-electron chi connectivity index (χ1n) is 8.06. The smallest absolute Gasteiger partial charge is 0.193 e. The zero-order valence-electron chi connectivity index (χ0n) is 13.8. The van der Waals surface area contributed by atoms with Crippen molar-refractivity contribution in [3.63, 3.8) is 0 Å². The van der Waals surface area contributed by atoms with Gasteiger partial charge in [0, 0.05) is 27.6 Å². The molecule has 0 amide bonds. The Hall–Kier alpha value is -2.71. The van der Waals surface area contributed by atoms with Crippen molar-refractivity contribution in [2.24, 2.45) is 0 Å². The van der Waals surface area contributed by atoms with E-state index < -0.39 is 0 Å². The third-order valence-electron chi connectivity index (χ3n) is 4.23. The van der Waals surface area contributed by atoms with Crippen LogP contribution in [-0.4, -0.2) is 11.6 Å². The molecule has 2 nitrogen and oxygen atoms in total. The summed E-state index contributed by atoms with van der Waals surface area (Å²) >= 11 is 5.87. The van der Waals surface area contributed by atoms with Gasteiger partial charge in [-0.2, -0.15) is 0 Å². The molecule has 3 aromatic carbocycles. The van der Waals surface area contributed by atoms with Crippen molar-refractivity contribution >= 4 is 23.2 Å². The number of hydrogen-bond donors (Lipinski definition) is 0. The van der Waals surface area contributed by atoms with Crippen LogP contribution < -0.4 is 0 Å². The minimum Gasteiger partial charge on any atom is -0.294 e. The largest absolute Gasteiger partial charge is 0.294 e. The van der Waals surface area contributed by atoms with Crippen LogP contribution in [0.15, 0.2) is 78.9 Å². The standard InChI is InChI=1S/C22H17ClO2/c1-15(21(24)18-11-13-20(23)14-12-18)16-7-9-19(10-8-16)22(25)17-5-3-2-4-6-17/h2-15H,1H3. The van der Waals surface area contributed by atoms with E-state index in [9.17, 15) is 9.59 Å². The van der Waals surface area contributed by atoms with Gasteiger partial charge in [0.15, 0.2) is 11.6 Å². The van der Waals surface area contributed by atoms with E-state index in [1.807, 2.05) is 37.3 Å². The first-order chi connectivity index (χ1) is 12.1. The SMILES string of the molecule is CC(C(=O)c1ccc(Cl)cc1)c1ccc(C(=O)c2ccccc2)cc1. The van der Waals surface area contributed by atoms with Gasteiger partial charge in [0.25, 0.3) is 0 Å². The fourth-order valence-corrected chi connectivity index (χ4v) is 2.82. The van der Waals surface area contributed by atoms with Crippen molar-refractivity contribution in [1.29, 1.82) is 0 Å². The van der Waals surface area contributed by atoms with Crippen molar-refractivity contribution in [3.05, 3.63) is 106 Å². The lowest BCUT2D eigenvalue weighted by molar-refractivity contribution is 0.0965. The fourth-order valence-electron chi connectivity index (χ4n) is 2.69. The molecule has 1 unspecified atom stereocenters. The van der Waals surface area contributed by atoms with Crippen LogP contribution in [0, 0.1) is 0 Å². The first kappa shape index (κ1) is 17.1. The maximum Gasteiger partial charge on any atom is 0.193 e. The van der Waals surface area contributed by atoms with Crippen molar-refractivity contribution in [2.45, 2.75) is 12.8 Å². The number of Topliss-reactive ketones (excluding diaryl/α,β-unsaturated/α-hetero) is 1. The molecule has 1 atom stereocenters. The highest BCUT2D eigenvalue weighted by molar-refractivity contribution is 6.30. The topological polar surface area (TPSA) is 34.1 Å². The molecule has 0 aliphatic heterocycles. The fraction of sp³-hybridized carbons (Fsp3) is 0.0909. The lowest BCUT2D eigenvalue weighted by atomic mass is 9.91. The summed E-state index contributed by atoms with van der Waals surface area (Å²) in [4.78, 5) is 25.0. The second kappa shape index (κ2) is 7.45. The minimum atomic E-state index is -0.290. The average molecular weight is 349 g/mol. The third-order valence-corrected chi connectivity index (χ3v) is 4.48. The van der Waals surface area contributed by atoms with Crippen LogP contribution in [-0.2, 0) is 0 Å². The molecule has 0 saturated carbocycles. The van der Waals surface area contributed by atoms with E-state index in [4.69, 9.17) is 11.6 Å². The van der Waals surface area contributed by atoms with Gasteiger partial charge in [0.2, 0.25) is 0 Å². The van der Waals surface area contributed by atoms with Crippen molar-refractivity contribution in [1.82, 2.24) is 0 Å². The maximum absolute atomic E-state index is 12.6. The molecule has 25 heavy (non-hydrogen) atoms. The van der Waals surface area contributed by atoms with Crippen LogP contribution in [0.4, 0.5) is 0 Å². The van der Waals surface area contributed by atoms with Crippen LogP contribution in [0.25, 0.3) is 0 Å². The summed E-state index contributed by atoms with van der Waals surface area (Å²) in [5.74, 6) is -0.287. The Morgan fingerprint density at radius 2 is 1.24 bits per heavy atom. The van der Waals surface area contributed by atoms with Gasteiger partial charge in [-0.05, 0) is 29.8 Å². The Morgan fingerprint density at radius 1 is 0.720 bits per heavy atom. The molecule has 0 aliphatic rings. The molecule has 0 bridgehead atoms. The van der Waals surface area contributed by atoms with E-state index in [-0.39, 0.29) is 17.5 Å². The molecule has 0 aromatic heterocycles. The van der Waals surface area contributed by atoms with E-state index in [1.54, 1.807) is 48.5 Å². The molecule has 0 N–H and O–H groups in total. The molecule has 0 saturated heterocycles. The predicted octanol–water partition coefficient (Wildman–Crippen LogP) is 5.56. The molecule has 0 radical (unpaired) electrons. The molecule has 3 heteroatoms. The zero-order chi connectivity index (χ0) is 17.8. The second-order valence-corrected chi connectivity index (χ2v) is 6.35. The zero-order valence-corrected chi connectivity index (χ0v) is 14.5.